The number of para-hydroxylation sites is 2. The summed E-state index contributed by atoms with van der Waals surface area (Å²) < 4.78 is 4.98. The predicted octanol–water partition coefficient (Wildman–Crippen LogP) is 13.2. The highest BCUT2D eigenvalue weighted by Gasteiger charge is 2.25. The van der Waals surface area contributed by atoms with E-state index < -0.39 is 0 Å². The van der Waals surface area contributed by atoms with Crippen molar-refractivity contribution < 1.29 is 0 Å². The lowest BCUT2D eigenvalue weighted by atomic mass is 9.88. The van der Waals surface area contributed by atoms with Crippen LogP contribution in [0.4, 0.5) is 0 Å². The van der Waals surface area contributed by atoms with Crippen LogP contribution >= 0.6 is 0 Å². The Balaban J connectivity index is 0.00000203. The Labute approximate surface area is 316 Å². The maximum absolute atomic E-state index is 5.54. The van der Waals surface area contributed by atoms with Crippen molar-refractivity contribution in [3.63, 3.8) is 0 Å². The summed E-state index contributed by atoms with van der Waals surface area (Å²) >= 11 is 0. The van der Waals surface area contributed by atoms with E-state index in [1.165, 1.54) is 71.0 Å². The zero-order valence-corrected chi connectivity index (χ0v) is 31.4. The minimum absolute atomic E-state index is 0.425. The van der Waals surface area contributed by atoms with E-state index in [0.29, 0.717) is 12.4 Å². The van der Waals surface area contributed by atoms with E-state index in [1.807, 2.05) is 32.9 Å². The Hall–Kier alpha value is -6.52. The van der Waals surface area contributed by atoms with Crippen molar-refractivity contribution in [2.24, 2.45) is 9.98 Å². The molecule has 3 heterocycles. The first-order valence-electron chi connectivity index (χ1n) is 18.8. The van der Waals surface area contributed by atoms with Crippen LogP contribution in [0.25, 0.3) is 65.8 Å². The van der Waals surface area contributed by atoms with E-state index in [-0.39, 0.29) is 0 Å². The number of hydrogen-bond acceptors (Lipinski definition) is 2. The van der Waals surface area contributed by atoms with Gasteiger partial charge in [-0.05, 0) is 49.6 Å². The molecule has 4 nitrogen and oxygen atoms in total. The van der Waals surface area contributed by atoms with Crippen LogP contribution < -0.4 is 0 Å². The highest BCUT2D eigenvalue weighted by Crippen LogP contribution is 2.45. The number of nitrogens with zero attached hydrogens (tertiary/aromatic N) is 4. The molecule has 54 heavy (non-hydrogen) atoms. The van der Waals surface area contributed by atoms with Crippen LogP contribution in [0, 0.1) is 0 Å². The van der Waals surface area contributed by atoms with Gasteiger partial charge in [-0.2, -0.15) is 0 Å². The molecule has 0 bridgehead atoms. The number of aliphatic imine (C=N–C) groups is 2. The van der Waals surface area contributed by atoms with Crippen LogP contribution in [0.5, 0.6) is 0 Å². The van der Waals surface area contributed by atoms with Gasteiger partial charge in [0.05, 0.1) is 33.5 Å². The van der Waals surface area contributed by atoms with Gasteiger partial charge in [-0.15, -0.1) is 0 Å². The highest BCUT2D eigenvalue weighted by atomic mass is 15.1. The number of rotatable bonds is 8. The van der Waals surface area contributed by atoms with Crippen molar-refractivity contribution in [3.8, 4) is 0 Å². The monoisotopic (exact) mass is 700 g/mol. The molecular weight excluding hydrogens is 657 g/mol. The van der Waals surface area contributed by atoms with Crippen molar-refractivity contribution in [1.82, 2.24) is 8.97 Å². The van der Waals surface area contributed by atoms with Gasteiger partial charge >= 0.3 is 0 Å². The third-order valence-corrected chi connectivity index (χ3v) is 10.7. The van der Waals surface area contributed by atoms with E-state index in [4.69, 9.17) is 4.99 Å². The lowest BCUT2D eigenvalue weighted by Crippen LogP contribution is -2.15. The largest absolute Gasteiger partial charge is 0.323 e. The predicted molar refractivity (Wildman–Crippen MR) is 236 cm³/mol. The molecule has 9 rings (SSSR count). The molecule has 264 valence electrons. The third-order valence-electron chi connectivity index (χ3n) is 10.7. The quantitative estimate of drug-likeness (QED) is 0.112. The van der Waals surface area contributed by atoms with Crippen molar-refractivity contribution in [2.45, 2.75) is 40.3 Å². The molecule has 0 atom stereocenters. The smallest absolute Gasteiger partial charge is 0.115 e. The molecule has 0 radical (unpaired) electrons. The third kappa shape index (κ3) is 5.05. The van der Waals surface area contributed by atoms with Gasteiger partial charge in [-0.1, -0.05) is 149 Å². The maximum atomic E-state index is 5.54. The second kappa shape index (κ2) is 14.1. The summed E-state index contributed by atoms with van der Waals surface area (Å²) in [6, 6.07) is 24.7. The van der Waals surface area contributed by atoms with Gasteiger partial charge in [-0.25, -0.2) is 0 Å². The number of fused-ring (bicyclic) bond motifs is 12. The molecule has 2 aliphatic carbocycles. The maximum Gasteiger partial charge on any atom is 0.115 e. The van der Waals surface area contributed by atoms with E-state index in [2.05, 4.69) is 144 Å². The van der Waals surface area contributed by atoms with Gasteiger partial charge in [0.2, 0.25) is 0 Å². The SMILES string of the molecule is C=C/C=C(C=C)/C(N=C)=C1\C=CC(C=C)=C(/C=C\C)\C1=N\Cn1c2c(c3ccc4ccc5c6cccc7c8ccccc8n(c76)c5c4c31)C=CCC2.CC. The van der Waals surface area contributed by atoms with Crippen molar-refractivity contribution in [3.05, 3.63) is 180 Å². The minimum atomic E-state index is 0.425. The Bertz CT molecular complexity index is 2940. The Morgan fingerprint density at radius 1 is 0.815 bits per heavy atom. The Morgan fingerprint density at radius 3 is 2.30 bits per heavy atom. The molecule has 2 aliphatic rings. The molecule has 0 aliphatic heterocycles. The zero-order valence-electron chi connectivity index (χ0n) is 31.4. The molecule has 0 N–H and O–H groups in total. The number of aromatic nitrogens is 2. The molecule has 4 aromatic carbocycles. The normalized spacial score (nSPS) is 16.4. The fourth-order valence-electron chi connectivity index (χ4n) is 8.61. The van der Waals surface area contributed by atoms with Gasteiger partial charge in [0, 0.05) is 60.3 Å². The first-order chi connectivity index (χ1) is 26.6. The number of hydrogen-bond donors (Lipinski definition) is 0. The van der Waals surface area contributed by atoms with Crippen LogP contribution in [-0.2, 0) is 13.1 Å². The van der Waals surface area contributed by atoms with E-state index in [0.717, 1.165) is 40.8 Å². The summed E-state index contributed by atoms with van der Waals surface area (Å²) in [6.45, 7) is 22.6. The summed E-state index contributed by atoms with van der Waals surface area (Å²) in [5.41, 5.74) is 12.8. The minimum Gasteiger partial charge on any atom is -0.323 e. The second-order valence-electron chi connectivity index (χ2n) is 13.3. The molecule has 0 unspecified atom stereocenters. The van der Waals surface area contributed by atoms with E-state index >= 15 is 0 Å². The van der Waals surface area contributed by atoms with Crippen molar-refractivity contribution >= 4 is 78.3 Å². The Morgan fingerprint density at radius 2 is 1.56 bits per heavy atom. The van der Waals surface area contributed by atoms with Gasteiger partial charge in [0.1, 0.15) is 6.67 Å². The number of benzene rings is 4. The summed E-state index contributed by atoms with van der Waals surface area (Å²) in [5.74, 6) is 0. The number of allylic oxidation sites excluding steroid dienone is 12. The second-order valence-corrected chi connectivity index (χ2v) is 13.3. The molecule has 4 heteroatoms. The molecule has 3 aromatic heterocycles. The van der Waals surface area contributed by atoms with Crippen LogP contribution in [0.2, 0.25) is 0 Å². The topological polar surface area (TPSA) is 34.1 Å². The molecule has 0 saturated carbocycles. The van der Waals surface area contributed by atoms with Crippen LogP contribution in [-0.4, -0.2) is 21.4 Å². The van der Waals surface area contributed by atoms with Gasteiger partial charge in [0.25, 0.3) is 0 Å². The first-order valence-corrected chi connectivity index (χ1v) is 18.8. The van der Waals surface area contributed by atoms with Gasteiger partial charge < -0.3 is 8.97 Å². The highest BCUT2D eigenvalue weighted by molar-refractivity contribution is 6.30. The average molecular weight is 701 g/mol. The standard InChI is InChI=1S/C48H38N4.C2H6/c1-6-15-31(9-4)44(49-5)40-28-23-30(8-3)33(16-7-2)45(40)50-29-51-41-21-12-10-17-34(41)38-26-24-32-25-27-39-37-20-14-19-36-35-18-11-13-22-42(35)52(46(36)37)48(39)43(32)47(38)51;1-2/h6-11,13-20,22-28H,1,3-5,12,21,29H2,2H3;1-2H3/b16-7-,31-15+,44-40-,50-45-;. The molecular formula is C50H44N4. The van der Waals surface area contributed by atoms with E-state index in [1.54, 1.807) is 12.2 Å². The summed E-state index contributed by atoms with van der Waals surface area (Å²) in [7, 11) is 0. The molecule has 7 aromatic rings. The fourth-order valence-corrected chi connectivity index (χ4v) is 8.61. The molecule has 0 saturated heterocycles. The van der Waals surface area contributed by atoms with Gasteiger partial charge in [0.15, 0.2) is 0 Å². The lowest BCUT2D eigenvalue weighted by molar-refractivity contribution is 0.709. The average Bonchev–Trinajstić information content (AvgIpc) is 3.86. The summed E-state index contributed by atoms with van der Waals surface area (Å²) in [6.07, 6.45) is 22.2. The summed E-state index contributed by atoms with van der Waals surface area (Å²) in [5, 5.41) is 8.83. The van der Waals surface area contributed by atoms with Crippen LogP contribution in [0.15, 0.2) is 179 Å². The lowest BCUT2D eigenvalue weighted by Gasteiger charge is -2.20. The Kier molecular flexibility index (Phi) is 9.04. The van der Waals surface area contributed by atoms with Crippen molar-refractivity contribution in [1.29, 1.82) is 0 Å². The summed E-state index contributed by atoms with van der Waals surface area (Å²) in [4.78, 5) is 10.1. The fraction of sp³-hybridized carbons (Fsp3) is 0.120. The van der Waals surface area contributed by atoms with Gasteiger partial charge in [-0.3, -0.25) is 9.98 Å². The molecule has 0 fully saturated rings. The van der Waals surface area contributed by atoms with Crippen LogP contribution in [0.3, 0.4) is 0 Å². The van der Waals surface area contributed by atoms with Crippen LogP contribution in [0.1, 0.15) is 38.4 Å². The van der Waals surface area contributed by atoms with Crippen molar-refractivity contribution in [2.75, 3.05) is 0 Å². The van der Waals surface area contributed by atoms with E-state index in [9.17, 15) is 0 Å². The molecule has 0 spiro atoms. The molecule has 0 amide bonds. The first kappa shape index (κ1) is 34.6. The zero-order chi connectivity index (χ0) is 37.5.